The smallest absolute Gasteiger partial charge is 0.275 e. The van der Waals surface area contributed by atoms with Crippen molar-refractivity contribution in [2.24, 2.45) is 0 Å². The van der Waals surface area contributed by atoms with E-state index in [2.05, 4.69) is 16.7 Å². The number of nitro groups is 1. The first-order chi connectivity index (χ1) is 10.5. The monoisotopic (exact) mass is 329 g/mol. The van der Waals surface area contributed by atoms with Gasteiger partial charge in [-0.3, -0.25) is 19.9 Å². The van der Waals surface area contributed by atoms with Gasteiger partial charge in [0.05, 0.1) is 41.1 Å². The van der Waals surface area contributed by atoms with Gasteiger partial charge in [-0.25, -0.2) is 0 Å². The minimum atomic E-state index is -0.312. The molecule has 0 aromatic heterocycles. The summed E-state index contributed by atoms with van der Waals surface area (Å²) in [6, 6.07) is -0.200. The molecule has 0 spiro atoms. The Kier molecular flexibility index (Phi) is 4.75. The highest BCUT2D eigenvalue weighted by atomic mass is 32.2. The van der Waals surface area contributed by atoms with Crippen molar-refractivity contribution in [2.45, 2.75) is 24.8 Å². The highest BCUT2D eigenvalue weighted by Gasteiger charge is 2.56. The van der Waals surface area contributed by atoms with Gasteiger partial charge in [-0.2, -0.15) is 0 Å². The first-order valence-electron chi connectivity index (χ1n) is 7.73. The van der Waals surface area contributed by atoms with Crippen LogP contribution < -0.4 is 0 Å². The molecule has 0 aromatic rings. The van der Waals surface area contributed by atoms with Gasteiger partial charge in [0.25, 0.3) is 5.70 Å². The lowest BCUT2D eigenvalue weighted by molar-refractivity contribution is -0.435. The van der Waals surface area contributed by atoms with E-state index in [-0.39, 0.29) is 15.8 Å². The van der Waals surface area contributed by atoms with E-state index in [0.29, 0.717) is 32.1 Å². The van der Waals surface area contributed by atoms with Crippen molar-refractivity contribution in [3.63, 3.8) is 0 Å². The average Bonchev–Trinajstić information content (AvgIpc) is 2.81. The molecule has 2 saturated heterocycles. The Morgan fingerprint density at radius 1 is 1.18 bits per heavy atom. The Hall–Kier alpha value is -0.670. The summed E-state index contributed by atoms with van der Waals surface area (Å²) in [5.41, 5.74) is 0.362. The predicted molar refractivity (Wildman–Crippen MR) is 84.3 cm³/mol. The Morgan fingerprint density at radius 2 is 1.73 bits per heavy atom. The van der Waals surface area contributed by atoms with Gasteiger partial charge in [-0.1, -0.05) is 11.8 Å². The van der Waals surface area contributed by atoms with E-state index in [4.69, 9.17) is 9.47 Å². The summed E-state index contributed by atoms with van der Waals surface area (Å²) in [4.78, 5) is 16.6. The van der Waals surface area contributed by atoms with Crippen molar-refractivity contribution in [2.75, 3.05) is 52.6 Å². The molecule has 0 N–H and O–H groups in total. The molecule has 0 saturated carbocycles. The summed E-state index contributed by atoms with van der Waals surface area (Å²) in [5.74, 6) is 0. The van der Waals surface area contributed by atoms with Gasteiger partial charge in [0, 0.05) is 26.2 Å². The number of ether oxygens (including phenoxy) is 2. The molecule has 0 aliphatic carbocycles. The number of rotatable bonds is 3. The summed E-state index contributed by atoms with van der Waals surface area (Å²) in [5, 5.41) is 11.7. The lowest BCUT2D eigenvalue weighted by Gasteiger charge is -2.47. The number of morpholine rings is 2. The van der Waals surface area contributed by atoms with E-state index < -0.39 is 0 Å². The maximum absolute atomic E-state index is 11.7. The maximum Gasteiger partial charge on any atom is 0.275 e. The van der Waals surface area contributed by atoms with Crippen LogP contribution in [0.3, 0.4) is 0 Å². The topological polar surface area (TPSA) is 68.1 Å². The molecular weight excluding hydrogens is 306 g/mol. The quantitative estimate of drug-likeness (QED) is 0.565. The van der Waals surface area contributed by atoms with Crippen LogP contribution in [0.25, 0.3) is 0 Å². The van der Waals surface area contributed by atoms with Crippen LogP contribution in [0.1, 0.15) is 13.8 Å². The third-order valence-corrected chi connectivity index (χ3v) is 6.14. The highest BCUT2D eigenvalue weighted by Crippen LogP contribution is 2.50. The fourth-order valence-corrected chi connectivity index (χ4v) is 5.28. The van der Waals surface area contributed by atoms with Crippen molar-refractivity contribution in [3.05, 3.63) is 20.7 Å². The zero-order valence-electron chi connectivity index (χ0n) is 13.1. The molecule has 22 heavy (non-hydrogen) atoms. The molecule has 0 radical (unpaired) electrons. The van der Waals surface area contributed by atoms with Crippen LogP contribution in [0, 0.1) is 10.1 Å². The van der Waals surface area contributed by atoms with Gasteiger partial charge in [-0.05, 0) is 13.8 Å². The van der Waals surface area contributed by atoms with E-state index in [9.17, 15) is 10.1 Å². The zero-order valence-corrected chi connectivity index (χ0v) is 13.9. The van der Waals surface area contributed by atoms with Gasteiger partial charge >= 0.3 is 0 Å². The lowest BCUT2D eigenvalue weighted by Crippen LogP contribution is -2.62. The van der Waals surface area contributed by atoms with Crippen molar-refractivity contribution >= 4 is 11.8 Å². The predicted octanol–water partition coefficient (Wildman–Crippen LogP) is 0.991. The molecule has 8 heteroatoms. The Balaban J connectivity index is 1.93. The molecule has 3 rings (SSSR count). The van der Waals surface area contributed by atoms with E-state index in [0.717, 1.165) is 31.1 Å². The minimum absolute atomic E-state index is 0.186. The molecule has 3 heterocycles. The normalized spacial score (nSPS) is 35.1. The van der Waals surface area contributed by atoms with Crippen LogP contribution in [0.4, 0.5) is 0 Å². The van der Waals surface area contributed by atoms with Crippen LogP contribution in [-0.4, -0.2) is 78.2 Å². The Morgan fingerprint density at radius 3 is 2.27 bits per heavy atom. The van der Waals surface area contributed by atoms with E-state index in [1.54, 1.807) is 11.8 Å². The van der Waals surface area contributed by atoms with Gasteiger partial charge in [0.2, 0.25) is 0 Å². The number of thioether (sulfide) groups is 1. The SMILES string of the molecule is CC1=C([N+](=O)[O-])C(N2CCOCC2)C(C)(N2CCOCC2)S1. The second kappa shape index (κ2) is 6.45. The molecule has 0 aromatic carbocycles. The van der Waals surface area contributed by atoms with Crippen molar-refractivity contribution in [1.29, 1.82) is 0 Å². The van der Waals surface area contributed by atoms with Gasteiger partial charge < -0.3 is 9.47 Å². The standard InChI is InChI=1S/C14H23N3O4S/c1-11-12(17(18)19)13(15-3-7-20-8-4-15)14(2,22-11)16-5-9-21-10-6-16/h13H,3-10H2,1-2H3. The summed E-state index contributed by atoms with van der Waals surface area (Å²) >= 11 is 1.64. The maximum atomic E-state index is 11.7. The number of allylic oxidation sites excluding steroid dienone is 1. The minimum Gasteiger partial charge on any atom is -0.379 e. The van der Waals surface area contributed by atoms with Crippen LogP contribution in [0.5, 0.6) is 0 Å². The van der Waals surface area contributed by atoms with Gasteiger partial charge in [0.15, 0.2) is 0 Å². The summed E-state index contributed by atoms with van der Waals surface area (Å²) in [6.45, 7) is 9.83. The van der Waals surface area contributed by atoms with Crippen LogP contribution >= 0.6 is 11.8 Å². The van der Waals surface area contributed by atoms with E-state index >= 15 is 0 Å². The average molecular weight is 329 g/mol. The largest absolute Gasteiger partial charge is 0.379 e. The van der Waals surface area contributed by atoms with Crippen molar-refractivity contribution in [1.82, 2.24) is 9.80 Å². The molecule has 0 bridgehead atoms. The fraction of sp³-hybridized carbons (Fsp3) is 0.857. The highest BCUT2D eigenvalue weighted by molar-refractivity contribution is 8.04. The molecule has 3 aliphatic rings. The first-order valence-corrected chi connectivity index (χ1v) is 8.54. The molecule has 2 atom stereocenters. The first kappa shape index (κ1) is 16.2. The molecule has 2 fully saturated rings. The lowest BCUT2D eigenvalue weighted by atomic mass is 10.0. The van der Waals surface area contributed by atoms with E-state index in [1.807, 2.05) is 6.92 Å². The Labute approximate surface area is 134 Å². The van der Waals surface area contributed by atoms with Crippen LogP contribution in [0.2, 0.25) is 0 Å². The molecule has 0 amide bonds. The summed E-state index contributed by atoms with van der Waals surface area (Å²) < 4.78 is 10.9. The Bertz CT molecular complexity index is 475. The molecule has 3 aliphatic heterocycles. The van der Waals surface area contributed by atoms with E-state index in [1.165, 1.54) is 0 Å². The summed E-state index contributed by atoms with van der Waals surface area (Å²) in [7, 11) is 0. The van der Waals surface area contributed by atoms with Crippen LogP contribution in [0.15, 0.2) is 10.6 Å². The molecule has 2 unspecified atom stereocenters. The number of hydrogen-bond donors (Lipinski definition) is 0. The second-order valence-electron chi connectivity index (χ2n) is 6.01. The van der Waals surface area contributed by atoms with Crippen LogP contribution in [-0.2, 0) is 9.47 Å². The summed E-state index contributed by atoms with van der Waals surface area (Å²) in [6.07, 6.45) is 0. The third kappa shape index (κ3) is 2.78. The van der Waals surface area contributed by atoms with Gasteiger partial charge in [-0.15, -0.1) is 0 Å². The van der Waals surface area contributed by atoms with Gasteiger partial charge in [0.1, 0.15) is 6.04 Å². The third-order valence-electron chi connectivity index (χ3n) is 4.73. The molecule has 124 valence electrons. The van der Waals surface area contributed by atoms with Crippen molar-refractivity contribution < 1.29 is 14.4 Å². The molecular formula is C14H23N3O4S. The van der Waals surface area contributed by atoms with Crippen molar-refractivity contribution in [3.8, 4) is 0 Å². The number of nitrogens with zero attached hydrogens (tertiary/aromatic N) is 3. The second-order valence-corrected chi connectivity index (χ2v) is 7.65. The molecule has 7 nitrogen and oxygen atoms in total. The fourth-order valence-electron chi connectivity index (χ4n) is 3.68. The number of hydrogen-bond acceptors (Lipinski definition) is 7. The zero-order chi connectivity index (χ0) is 15.7.